The molecule has 0 aliphatic rings. The quantitative estimate of drug-likeness (QED) is 0.837. The van der Waals surface area contributed by atoms with Gasteiger partial charge in [-0.3, -0.25) is 0 Å². The Morgan fingerprint density at radius 3 is 2.44 bits per heavy atom. The third-order valence-electron chi connectivity index (χ3n) is 2.27. The maximum absolute atomic E-state index is 12.6. The molecule has 1 aromatic carbocycles. The van der Waals surface area contributed by atoms with Crippen molar-refractivity contribution in [2.75, 3.05) is 0 Å². The maximum atomic E-state index is 12.6. The van der Waals surface area contributed by atoms with Gasteiger partial charge in [0.25, 0.3) is 0 Å². The third-order valence-corrected chi connectivity index (χ3v) is 3.98. The summed E-state index contributed by atoms with van der Waals surface area (Å²) in [4.78, 5) is 10.3. The van der Waals surface area contributed by atoms with E-state index >= 15 is 0 Å². The predicted molar refractivity (Wildman–Crippen MR) is 60.5 cm³/mol. The highest BCUT2D eigenvalue weighted by molar-refractivity contribution is 7.21. The molecule has 2 N–H and O–H groups in total. The van der Waals surface area contributed by atoms with Crippen LogP contribution in [0.3, 0.4) is 0 Å². The van der Waals surface area contributed by atoms with Crippen LogP contribution >= 0.6 is 22.9 Å². The van der Waals surface area contributed by atoms with Crippen LogP contribution < -0.4 is 0 Å². The van der Waals surface area contributed by atoms with E-state index in [-0.39, 0.29) is 10.1 Å². The number of carbonyl (C=O) groups is 1. The van der Waals surface area contributed by atoms with Crippen molar-refractivity contribution in [2.24, 2.45) is 0 Å². The predicted octanol–water partition coefficient (Wildman–Crippen LogP) is 3.98. The second kappa shape index (κ2) is 4.03. The van der Waals surface area contributed by atoms with E-state index in [4.69, 9.17) is 16.7 Å². The average molecular weight is 297 g/mol. The van der Waals surface area contributed by atoms with Crippen molar-refractivity contribution in [2.45, 2.75) is 6.18 Å². The molecule has 0 fully saturated rings. The monoisotopic (exact) mass is 296 g/mol. The van der Waals surface area contributed by atoms with E-state index < -0.39 is 33.4 Å². The molecule has 18 heavy (non-hydrogen) atoms. The first-order chi connectivity index (χ1) is 8.23. The van der Waals surface area contributed by atoms with Crippen molar-refractivity contribution in [1.29, 1.82) is 0 Å². The number of alkyl halides is 3. The molecule has 0 unspecified atom stereocenters. The SMILES string of the molecule is O=C(O)c1sc2c(Cl)c(C(F)(F)F)ccc2c1O. The summed E-state index contributed by atoms with van der Waals surface area (Å²) in [6.45, 7) is 0. The van der Waals surface area contributed by atoms with E-state index in [1.807, 2.05) is 0 Å². The summed E-state index contributed by atoms with van der Waals surface area (Å²) >= 11 is 6.11. The van der Waals surface area contributed by atoms with Crippen molar-refractivity contribution in [3.05, 3.63) is 27.6 Å². The summed E-state index contributed by atoms with van der Waals surface area (Å²) < 4.78 is 37.7. The number of halogens is 4. The largest absolute Gasteiger partial charge is 0.505 e. The van der Waals surface area contributed by atoms with Crippen molar-refractivity contribution in [3.8, 4) is 5.75 Å². The topological polar surface area (TPSA) is 57.5 Å². The van der Waals surface area contributed by atoms with Gasteiger partial charge >= 0.3 is 12.1 Å². The summed E-state index contributed by atoms with van der Waals surface area (Å²) in [6.07, 6.45) is -4.63. The van der Waals surface area contributed by atoms with Gasteiger partial charge in [0.15, 0.2) is 4.88 Å². The Morgan fingerprint density at radius 1 is 1.33 bits per heavy atom. The smallest absolute Gasteiger partial charge is 0.417 e. The maximum Gasteiger partial charge on any atom is 0.417 e. The molecule has 96 valence electrons. The zero-order valence-corrected chi connectivity index (χ0v) is 9.95. The van der Waals surface area contributed by atoms with Gasteiger partial charge in [-0.05, 0) is 12.1 Å². The normalized spacial score (nSPS) is 12.0. The molecule has 0 saturated heterocycles. The molecule has 2 rings (SSSR count). The molecule has 3 nitrogen and oxygen atoms in total. The van der Waals surface area contributed by atoms with Crippen LogP contribution in [0.25, 0.3) is 10.1 Å². The van der Waals surface area contributed by atoms with E-state index in [0.717, 1.165) is 6.07 Å². The number of hydrogen-bond acceptors (Lipinski definition) is 3. The number of carboxylic acids is 1. The zero-order chi connectivity index (χ0) is 13.7. The first kappa shape index (κ1) is 13.0. The number of carboxylic acid groups (broad SMARTS) is 1. The number of rotatable bonds is 1. The Hall–Kier alpha value is -1.47. The molecule has 0 amide bonds. The molecular weight excluding hydrogens is 293 g/mol. The number of fused-ring (bicyclic) bond motifs is 1. The standard InChI is InChI=1S/C10H4ClF3O3S/c11-5-4(10(12,13)14)2-1-3-6(15)8(9(16)17)18-7(3)5/h1-2,15H,(H,16,17). The lowest BCUT2D eigenvalue weighted by molar-refractivity contribution is -0.137. The highest BCUT2D eigenvalue weighted by Crippen LogP contribution is 2.45. The van der Waals surface area contributed by atoms with E-state index in [1.54, 1.807) is 0 Å². The number of hydrogen-bond donors (Lipinski definition) is 2. The van der Waals surface area contributed by atoms with Crippen molar-refractivity contribution in [1.82, 2.24) is 0 Å². The van der Waals surface area contributed by atoms with Crippen molar-refractivity contribution < 1.29 is 28.2 Å². The van der Waals surface area contributed by atoms with Crippen LogP contribution in [-0.2, 0) is 6.18 Å². The minimum atomic E-state index is -4.63. The molecule has 0 aliphatic carbocycles. The summed E-state index contributed by atoms with van der Waals surface area (Å²) in [7, 11) is 0. The number of aromatic carboxylic acids is 1. The second-order valence-corrected chi connectivity index (χ2v) is 4.79. The fourth-order valence-corrected chi connectivity index (χ4v) is 2.84. The lowest BCUT2D eigenvalue weighted by Gasteiger charge is -2.08. The van der Waals surface area contributed by atoms with Crippen LogP contribution in [0.2, 0.25) is 5.02 Å². The lowest BCUT2D eigenvalue weighted by Crippen LogP contribution is -2.05. The van der Waals surface area contributed by atoms with Crippen LogP contribution in [0, 0.1) is 0 Å². The van der Waals surface area contributed by atoms with Crippen LogP contribution in [0.4, 0.5) is 13.2 Å². The fraction of sp³-hybridized carbons (Fsp3) is 0.100. The Kier molecular flexibility index (Phi) is 2.90. The first-order valence-corrected chi connectivity index (χ1v) is 5.67. The molecule has 0 radical (unpaired) electrons. The second-order valence-electron chi connectivity index (χ2n) is 3.39. The van der Waals surface area contributed by atoms with Gasteiger partial charge in [0, 0.05) is 5.39 Å². The summed E-state index contributed by atoms with van der Waals surface area (Å²) in [5, 5.41) is 17.7. The van der Waals surface area contributed by atoms with Crippen LogP contribution in [0.1, 0.15) is 15.2 Å². The number of thiophene rings is 1. The molecule has 0 spiro atoms. The number of aromatic hydroxyl groups is 1. The minimum Gasteiger partial charge on any atom is -0.505 e. The van der Waals surface area contributed by atoms with E-state index in [2.05, 4.69) is 0 Å². The average Bonchev–Trinajstić information content (AvgIpc) is 2.56. The van der Waals surface area contributed by atoms with Gasteiger partial charge in [0.05, 0.1) is 15.3 Å². The highest BCUT2D eigenvalue weighted by Gasteiger charge is 2.35. The highest BCUT2D eigenvalue weighted by atomic mass is 35.5. The Bertz CT molecular complexity index is 648. The third kappa shape index (κ3) is 1.89. The Labute approximate surface area is 107 Å². The molecule has 1 aromatic heterocycles. The van der Waals surface area contributed by atoms with E-state index in [9.17, 15) is 23.1 Å². The minimum absolute atomic E-state index is 0.00426. The lowest BCUT2D eigenvalue weighted by atomic mass is 10.1. The van der Waals surface area contributed by atoms with E-state index in [0.29, 0.717) is 17.4 Å². The van der Waals surface area contributed by atoms with Gasteiger partial charge in [-0.25, -0.2) is 4.79 Å². The Balaban J connectivity index is 2.80. The van der Waals surface area contributed by atoms with E-state index in [1.165, 1.54) is 0 Å². The molecule has 0 atom stereocenters. The fourth-order valence-electron chi connectivity index (χ4n) is 1.48. The van der Waals surface area contributed by atoms with Crippen molar-refractivity contribution >= 4 is 39.0 Å². The zero-order valence-electron chi connectivity index (χ0n) is 8.38. The molecule has 1 heterocycles. The number of benzene rings is 1. The molecule has 8 heteroatoms. The van der Waals surface area contributed by atoms with Gasteiger partial charge < -0.3 is 10.2 Å². The summed E-state index contributed by atoms with van der Waals surface area (Å²) in [5.74, 6) is -1.99. The van der Waals surface area contributed by atoms with Crippen LogP contribution in [0.5, 0.6) is 5.75 Å². The van der Waals surface area contributed by atoms with Gasteiger partial charge in [0.2, 0.25) is 0 Å². The molecule has 0 bridgehead atoms. The van der Waals surface area contributed by atoms with Crippen LogP contribution in [-0.4, -0.2) is 16.2 Å². The first-order valence-electron chi connectivity index (χ1n) is 4.48. The summed E-state index contributed by atoms with van der Waals surface area (Å²) in [5.41, 5.74) is -1.06. The molecule has 2 aromatic rings. The van der Waals surface area contributed by atoms with Gasteiger partial charge in [-0.1, -0.05) is 11.6 Å². The van der Waals surface area contributed by atoms with Crippen molar-refractivity contribution in [3.63, 3.8) is 0 Å². The van der Waals surface area contributed by atoms with Crippen LogP contribution in [0.15, 0.2) is 12.1 Å². The van der Waals surface area contributed by atoms with Gasteiger partial charge in [0.1, 0.15) is 5.75 Å². The summed E-state index contributed by atoms with van der Waals surface area (Å²) in [6, 6.07) is 1.71. The molecular formula is C10H4ClF3O3S. The molecule has 0 aliphatic heterocycles. The molecule has 0 saturated carbocycles. The Morgan fingerprint density at radius 2 is 1.94 bits per heavy atom. The van der Waals surface area contributed by atoms with Gasteiger partial charge in [-0.2, -0.15) is 13.2 Å². The van der Waals surface area contributed by atoms with Gasteiger partial charge in [-0.15, -0.1) is 11.3 Å².